The van der Waals surface area contributed by atoms with Crippen molar-refractivity contribution in [3.63, 3.8) is 0 Å². The summed E-state index contributed by atoms with van der Waals surface area (Å²) in [5, 5.41) is 0.433. The molecule has 98 valence electrons. The number of nitrogens with zero attached hydrogens (tertiary/aromatic N) is 1. The minimum absolute atomic E-state index is 0.318. The molecule has 1 aromatic carbocycles. The summed E-state index contributed by atoms with van der Waals surface area (Å²) in [6.45, 7) is 0.318. The number of ether oxygens (including phenoxy) is 2. The topological polar surface area (TPSA) is 48.4 Å². The van der Waals surface area contributed by atoms with Crippen molar-refractivity contribution in [2.24, 2.45) is 0 Å². The second kappa shape index (κ2) is 6.20. The summed E-state index contributed by atoms with van der Waals surface area (Å²) in [5.41, 5.74) is 1.22. The molecule has 0 N–H and O–H groups in total. The van der Waals surface area contributed by atoms with Crippen molar-refractivity contribution in [1.82, 2.24) is 4.98 Å². The molecule has 0 atom stereocenters. The Balaban J connectivity index is 1.98. The van der Waals surface area contributed by atoms with E-state index in [4.69, 9.17) is 16.3 Å². The number of rotatable bonds is 4. The average molecular weight is 278 g/mol. The maximum atomic E-state index is 11.3. The van der Waals surface area contributed by atoms with Crippen LogP contribution in [0.5, 0.6) is 5.75 Å². The molecule has 0 unspecified atom stereocenters. The van der Waals surface area contributed by atoms with Gasteiger partial charge in [-0.1, -0.05) is 17.7 Å². The second-order valence-corrected chi connectivity index (χ2v) is 4.14. The van der Waals surface area contributed by atoms with Crippen LogP contribution in [0, 0.1) is 0 Å². The molecule has 1 heterocycles. The van der Waals surface area contributed by atoms with Gasteiger partial charge < -0.3 is 9.47 Å². The van der Waals surface area contributed by atoms with Crippen LogP contribution in [-0.4, -0.2) is 18.1 Å². The lowest BCUT2D eigenvalue weighted by Gasteiger charge is -2.06. The molecule has 0 bridgehead atoms. The van der Waals surface area contributed by atoms with Crippen LogP contribution in [0.4, 0.5) is 0 Å². The van der Waals surface area contributed by atoms with Gasteiger partial charge in [0.2, 0.25) is 0 Å². The SMILES string of the molecule is COC(=O)c1ccc(OCc2cccc(Cl)n2)cc1. The highest BCUT2D eigenvalue weighted by atomic mass is 35.5. The number of hydrogen-bond acceptors (Lipinski definition) is 4. The second-order valence-electron chi connectivity index (χ2n) is 3.76. The molecule has 2 rings (SSSR count). The van der Waals surface area contributed by atoms with E-state index in [2.05, 4.69) is 9.72 Å². The van der Waals surface area contributed by atoms with Crippen LogP contribution in [0.2, 0.25) is 5.15 Å². The van der Waals surface area contributed by atoms with Crippen LogP contribution in [-0.2, 0) is 11.3 Å². The number of carbonyl (C=O) groups excluding carboxylic acids is 1. The normalized spacial score (nSPS) is 10.0. The number of aromatic nitrogens is 1. The Hall–Kier alpha value is -2.07. The van der Waals surface area contributed by atoms with E-state index < -0.39 is 0 Å². The number of benzene rings is 1. The Labute approximate surface area is 115 Å². The van der Waals surface area contributed by atoms with Gasteiger partial charge in [-0.15, -0.1) is 0 Å². The number of methoxy groups -OCH3 is 1. The first-order chi connectivity index (χ1) is 9.19. The predicted molar refractivity (Wildman–Crippen MR) is 71.4 cm³/mol. The molecule has 0 aliphatic rings. The summed E-state index contributed by atoms with van der Waals surface area (Å²) < 4.78 is 10.2. The quantitative estimate of drug-likeness (QED) is 0.636. The van der Waals surface area contributed by atoms with E-state index in [1.54, 1.807) is 30.3 Å². The van der Waals surface area contributed by atoms with Gasteiger partial charge in [0, 0.05) is 0 Å². The molecule has 2 aromatic rings. The van der Waals surface area contributed by atoms with E-state index in [1.807, 2.05) is 12.1 Å². The van der Waals surface area contributed by atoms with Gasteiger partial charge >= 0.3 is 5.97 Å². The first kappa shape index (κ1) is 13.4. The highest BCUT2D eigenvalue weighted by Crippen LogP contribution is 2.15. The molecule has 19 heavy (non-hydrogen) atoms. The molecule has 0 spiro atoms. The highest BCUT2D eigenvalue weighted by Gasteiger charge is 2.05. The molecule has 0 aliphatic heterocycles. The molecule has 0 amide bonds. The zero-order chi connectivity index (χ0) is 13.7. The molecular formula is C14H12ClNO3. The molecule has 0 radical (unpaired) electrons. The number of carbonyl (C=O) groups is 1. The van der Waals surface area contributed by atoms with E-state index in [-0.39, 0.29) is 5.97 Å². The Morgan fingerprint density at radius 1 is 1.21 bits per heavy atom. The van der Waals surface area contributed by atoms with Gasteiger partial charge in [0.25, 0.3) is 0 Å². The lowest BCUT2D eigenvalue weighted by Crippen LogP contribution is -2.01. The Morgan fingerprint density at radius 3 is 2.58 bits per heavy atom. The zero-order valence-corrected chi connectivity index (χ0v) is 11.1. The summed E-state index contributed by atoms with van der Waals surface area (Å²) in [4.78, 5) is 15.4. The van der Waals surface area contributed by atoms with Gasteiger partial charge in [-0.2, -0.15) is 0 Å². The minimum Gasteiger partial charge on any atom is -0.487 e. The summed E-state index contributed by atoms with van der Waals surface area (Å²) in [7, 11) is 1.34. The lowest BCUT2D eigenvalue weighted by molar-refractivity contribution is 0.0600. The largest absolute Gasteiger partial charge is 0.487 e. The summed E-state index contributed by atoms with van der Waals surface area (Å²) in [5.74, 6) is 0.275. The monoisotopic (exact) mass is 277 g/mol. The number of halogens is 1. The fourth-order valence-corrected chi connectivity index (χ4v) is 1.67. The zero-order valence-electron chi connectivity index (χ0n) is 10.3. The molecule has 4 nitrogen and oxygen atoms in total. The third kappa shape index (κ3) is 3.69. The summed E-state index contributed by atoms with van der Waals surface area (Å²) >= 11 is 5.78. The molecule has 0 aliphatic carbocycles. The molecule has 1 aromatic heterocycles. The van der Waals surface area contributed by atoms with Crippen molar-refractivity contribution < 1.29 is 14.3 Å². The summed E-state index contributed by atoms with van der Waals surface area (Å²) in [6, 6.07) is 12.0. The molecule has 0 saturated heterocycles. The fraction of sp³-hybridized carbons (Fsp3) is 0.143. The fourth-order valence-electron chi connectivity index (χ4n) is 1.49. The minimum atomic E-state index is -0.372. The smallest absolute Gasteiger partial charge is 0.337 e. The van der Waals surface area contributed by atoms with E-state index in [0.717, 1.165) is 5.69 Å². The molecular weight excluding hydrogens is 266 g/mol. The average Bonchev–Trinajstić information content (AvgIpc) is 2.45. The first-order valence-electron chi connectivity index (χ1n) is 5.61. The number of pyridine rings is 1. The third-order valence-corrected chi connectivity index (χ3v) is 2.65. The van der Waals surface area contributed by atoms with Crippen molar-refractivity contribution in [2.45, 2.75) is 6.61 Å². The maximum Gasteiger partial charge on any atom is 0.337 e. The van der Waals surface area contributed by atoms with Gasteiger partial charge in [-0.05, 0) is 36.4 Å². The van der Waals surface area contributed by atoms with Crippen LogP contribution in [0.25, 0.3) is 0 Å². The van der Waals surface area contributed by atoms with Crippen molar-refractivity contribution in [3.05, 3.63) is 58.9 Å². The first-order valence-corrected chi connectivity index (χ1v) is 5.99. The van der Waals surface area contributed by atoms with Crippen LogP contribution in [0.3, 0.4) is 0 Å². The standard InChI is InChI=1S/C14H12ClNO3/c1-18-14(17)10-5-7-12(8-6-10)19-9-11-3-2-4-13(15)16-11/h2-8H,9H2,1H3. The Bertz CT molecular complexity index is 569. The predicted octanol–water partition coefficient (Wildman–Crippen LogP) is 3.10. The Morgan fingerprint density at radius 2 is 1.95 bits per heavy atom. The van der Waals surface area contributed by atoms with Crippen LogP contribution in [0.1, 0.15) is 16.1 Å². The molecule has 0 saturated carbocycles. The third-order valence-electron chi connectivity index (χ3n) is 2.43. The van der Waals surface area contributed by atoms with Gasteiger partial charge in [0.15, 0.2) is 0 Å². The molecule has 5 heteroatoms. The van der Waals surface area contributed by atoms with Crippen LogP contribution in [0.15, 0.2) is 42.5 Å². The van der Waals surface area contributed by atoms with Crippen LogP contribution < -0.4 is 4.74 Å². The maximum absolute atomic E-state index is 11.3. The highest BCUT2D eigenvalue weighted by molar-refractivity contribution is 6.29. The van der Waals surface area contributed by atoms with Crippen molar-refractivity contribution in [3.8, 4) is 5.75 Å². The van der Waals surface area contributed by atoms with Crippen LogP contribution >= 0.6 is 11.6 Å². The van der Waals surface area contributed by atoms with Gasteiger partial charge in [-0.25, -0.2) is 9.78 Å². The van der Waals surface area contributed by atoms with E-state index in [1.165, 1.54) is 7.11 Å². The number of hydrogen-bond donors (Lipinski definition) is 0. The van der Waals surface area contributed by atoms with E-state index in [9.17, 15) is 4.79 Å². The Kier molecular flexibility index (Phi) is 4.36. The van der Waals surface area contributed by atoms with E-state index in [0.29, 0.717) is 23.1 Å². The van der Waals surface area contributed by atoms with Gasteiger partial charge in [0.1, 0.15) is 17.5 Å². The van der Waals surface area contributed by atoms with Crippen molar-refractivity contribution in [1.29, 1.82) is 0 Å². The van der Waals surface area contributed by atoms with Crippen molar-refractivity contribution >= 4 is 17.6 Å². The van der Waals surface area contributed by atoms with E-state index >= 15 is 0 Å². The molecule has 0 fully saturated rings. The summed E-state index contributed by atoms with van der Waals surface area (Å²) in [6.07, 6.45) is 0. The van der Waals surface area contributed by atoms with Gasteiger partial charge in [-0.3, -0.25) is 0 Å². The lowest BCUT2D eigenvalue weighted by atomic mass is 10.2. The number of esters is 1. The van der Waals surface area contributed by atoms with Crippen molar-refractivity contribution in [2.75, 3.05) is 7.11 Å². The van der Waals surface area contributed by atoms with Gasteiger partial charge in [0.05, 0.1) is 18.4 Å².